The minimum absolute atomic E-state index is 0.0490. The van der Waals surface area contributed by atoms with E-state index in [-0.39, 0.29) is 40.6 Å². The van der Waals surface area contributed by atoms with Crippen molar-refractivity contribution in [2.24, 2.45) is 5.41 Å². The second kappa shape index (κ2) is 7.42. The number of hydrogen-bond acceptors (Lipinski definition) is 4. The summed E-state index contributed by atoms with van der Waals surface area (Å²) < 4.78 is 27.1. The van der Waals surface area contributed by atoms with Gasteiger partial charge in [0, 0.05) is 19.7 Å². The predicted octanol–water partition coefficient (Wildman–Crippen LogP) is 2.63. The van der Waals surface area contributed by atoms with Gasteiger partial charge < -0.3 is 5.11 Å². The van der Waals surface area contributed by atoms with Crippen molar-refractivity contribution < 1.29 is 13.5 Å². The maximum Gasteiger partial charge on any atom is 0.244 e. The molecule has 1 aromatic rings. The smallest absolute Gasteiger partial charge is 0.244 e. The van der Waals surface area contributed by atoms with Gasteiger partial charge >= 0.3 is 0 Å². The number of sulfonamides is 1. The van der Waals surface area contributed by atoms with Crippen LogP contribution in [0.1, 0.15) is 32.8 Å². The van der Waals surface area contributed by atoms with Gasteiger partial charge in [-0.15, -0.1) is 0 Å². The van der Waals surface area contributed by atoms with Crippen molar-refractivity contribution in [1.29, 1.82) is 5.26 Å². The zero-order valence-electron chi connectivity index (χ0n) is 13.0. The number of rotatable bonds is 6. The third kappa shape index (κ3) is 4.68. The molecule has 7 heteroatoms. The number of nitrogens with zero attached hydrogens (tertiary/aromatic N) is 2. The molecule has 1 aromatic carbocycles. The van der Waals surface area contributed by atoms with Gasteiger partial charge in [0.15, 0.2) is 0 Å². The molecule has 5 nitrogen and oxygen atoms in total. The lowest BCUT2D eigenvalue weighted by atomic mass is 9.97. The lowest BCUT2D eigenvalue weighted by Crippen LogP contribution is -2.39. The zero-order chi connectivity index (χ0) is 17.0. The lowest BCUT2D eigenvalue weighted by molar-refractivity contribution is 0.241. The molecule has 0 aliphatic heterocycles. The number of halogens is 1. The second-order valence-corrected chi connectivity index (χ2v) is 8.51. The quantitative estimate of drug-likeness (QED) is 0.860. The zero-order valence-corrected chi connectivity index (χ0v) is 14.6. The Morgan fingerprint density at radius 1 is 1.36 bits per heavy atom. The maximum atomic E-state index is 12.9. The average molecular weight is 345 g/mol. The van der Waals surface area contributed by atoms with Gasteiger partial charge in [-0.3, -0.25) is 0 Å². The molecule has 0 unspecified atom stereocenters. The van der Waals surface area contributed by atoms with Crippen LogP contribution in [0.5, 0.6) is 0 Å². The first-order chi connectivity index (χ1) is 10.1. The third-order valence-corrected chi connectivity index (χ3v) is 5.12. The molecular weight excluding hydrogens is 324 g/mol. The van der Waals surface area contributed by atoms with Crippen LogP contribution >= 0.6 is 11.6 Å². The molecule has 0 aliphatic rings. The Bertz CT molecular complexity index is 660. The fraction of sp³-hybridized carbons (Fsp3) is 0.533. The van der Waals surface area contributed by atoms with Crippen LogP contribution in [0.15, 0.2) is 23.1 Å². The molecule has 0 spiro atoms. The molecule has 1 rings (SSSR count). The highest BCUT2D eigenvalue weighted by Crippen LogP contribution is 2.28. The van der Waals surface area contributed by atoms with Crippen LogP contribution in [-0.4, -0.2) is 37.5 Å². The van der Waals surface area contributed by atoms with Crippen LogP contribution < -0.4 is 0 Å². The van der Waals surface area contributed by atoms with Gasteiger partial charge in [-0.1, -0.05) is 38.4 Å². The van der Waals surface area contributed by atoms with E-state index in [2.05, 4.69) is 0 Å². The van der Waals surface area contributed by atoms with Crippen molar-refractivity contribution in [1.82, 2.24) is 4.31 Å². The van der Waals surface area contributed by atoms with E-state index in [1.54, 1.807) is 0 Å². The summed E-state index contributed by atoms with van der Waals surface area (Å²) in [5.74, 6) is 0. The van der Waals surface area contributed by atoms with Crippen LogP contribution in [0.4, 0.5) is 0 Å². The van der Waals surface area contributed by atoms with E-state index in [4.69, 9.17) is 16.7 Å². The molecule has 122 valence electrons. The van der Waals surface area contributed by atoms with Crippen LogP contribution in [0.25, 0.3) is 0 Å². The molecule has 0 aliphatic carbocycles. The van der Waals surface area contributed by atoms with Crippen molar-refractivity contribution in [3.63, 3.8) is 0 Å². The Balaban J connectivity index is 3.34. The van der Waals surface area contributed by atoms with E-state index in [0.717, 1.165) is 0 Å². The second-order valence-electron chi connectivity index (χ2n) is 6.20. The molecule has 0 radical (unpaired) electrons. The molecule has 0 saturated carbocycles. The summed E-state index contributed by atoms with van der Waals surface area (Å²) in [6.07, 6.45) is 0.331. The SMILES string of the molecule is CC(C)(C)CN(CCCO)S(=O)(=O)c1cccc(Cl)c1C#N. The molecule has 0 saturated heterocycles. The number of benzene rings is 1. The summed E-state index contributed by atoms with van der Waals surface area (Å²) in [5.41, 5.74) is -0.305. The minimum Gasteiger partial charge on any atom is -0.396 e. The highest BCUT2D eigenvalue weighted by molar-refractivity contribution is 7.89. The molecular formula is C15H21ClN2O3S. The Kier molecular flexibility index (Phi) is 6.38. The molecule has 0 bridgehead atoms. The van der Waals surface area contributed by atoms with Gasteiger partial charge in [-0.25, -0.2) is 8.42 Å². The maximum absolute atomic E-state index is 12.9. The summed E-state index contributed by atoms with van der Waals surface area (Å²) in [6, 6.07) is 6.24. The first kappa shape index (κ1) is 18.9. The monoisotopic (exact) mass is 344 g/mol. The summed E-state index contributed by atoms with van der Waals surface area (Å²) in [5, 5.41) is 18.3. The Hall–Kier alpha value is -1.13. The van der Waals surface area contributed by atoms with E-state index in [9.17, 15) is 13.7 Å². The predicted molar refractivity (Wildman–Crippen MR) is 86.1 cm³/mol. The average Bonchev–Trinajstić information content (AvgIpc) is 2.41. The van der Waals surface area contributed by atoms with E-state index in [1.165, 1.54) is 22.5 Å². The summed E-state index contributed by atoms with van der Waals surface area (Å²) >= 11 is 5.93. The third-order valence-electron chi connectivity index (χ3n) is 2.92. The van der Waals surface area contributed by atoms with Crippen LogP contribution in [0, 0.1) is 16.7 Å². The van der Waals surface area contributed by atoms with E-state index < -0.39 is 10.0 Å². The molecule has 0 heterocycles. The molecule has 0 aromatic heterocycles. The normalized spacial score (nSPS) is 12.4. The van der Waals surface area contributed by atoms with E-state index in [1.807, 2.05) is 26.8 Å². The molecule has 22 heavy (non-hydrogen) atoms. The van der Waals surface area contributed by atoms with Crippen molar-refractivity contribution in [2.75, 3.05) is 19.7 Å². The minimum atomic E-state index is -3.86. The van der Waals surface area contributed by atoms with Crippen LogP contribution in [-0.2, 0) is 10.0 Å². The molecule has 0 amide bonds. The van der Waals surface area contributed by atoms with Gasteiger partial charge in [-0.05, 0) is 24.0 Å². The van der Waals surface area contributed by atoms with E-state index in [0.29, 0.717) is 6.42 Å². The Morgan fingerprint density at radius 3 is 2.50 bits per heavy atom. The van der Waals surface area contributed by atoms with Crippen LogP contribution in [0.3, 0.4) is 0 Å². The first-order valence-corrected chi connectivity index (χ1v) is 8.75. The summed E-state index contributed by atoms with van der Waals surface area (Å²) in [4.78, 5) is -0.0929. The largest absolute Gasteiger partial charge is 0.396 e. The van der Waals surface area contributed by atoms with Crippen molar-refractivity contribution in [3.05, 3.63) is 28.8 Å². The Morgan fingerprint density at radius 2 is 2.00 bits per heavy atom. The molecule has 0 atom stereocenters. The van der Waals surface area contributed by atoms with Gasteiger partial charge in [0.1, 0.15) is 11.0 Å². The number of aliphatic hydroxyl groups is 1. The topological polar surface area (TPSA) is 81.4 Å². The van der Waals surface area contributed by atoms with Crippen molar-refractivity contribution in [2.45, 2.75) is 32.1 Å². The fourth-order valence-corrected chi connectivity index (χ4v) is 4.17. The van der Waals surface area contributed by atoms with Gasteiger partial charge in [0.25, 0.3) is 0 Å². The lowest BCUT2D eigenvalue weighted by Gasteiger charge is -2.29. The first-order valence-electron chi connectivity index (χ1n) is 6.93. The fourth-order valence-electron chi connectivity index (χ4n) is 2.03. The highest BCUT2D eigenvalue weighted by Gasteiger charge is 2.30. The summed E-state index contributed by atoms with van der Waals surface area (Å²) in [6.45, 7) is 6.16. The number of nitriles is 1. The number of hydrogen-bond donors (Lipinski definition) is 1. The van der Waals surface area contributed by atoms with Crippen molar-refractivity contribution >= 4 is 21.6 Å². The standard InChI is InChI=1S/C15H21ClN2O3S/c1-15(2,3)11-18(8-5-9-19)22(20,21)14-7-4-6-13(16)12(14)10-17/h4,6-7,19H,5,8-9,11H2,1-3H3. The molecule has 1 N–H and O–H groups in total. The van der Waals surface area contributed by atoms with E-state index >= 15 is 0 Å². The van der Waals surface area contributed by atoms with Gasteiger partial charge in [0.2, 0.25) is 10.0 Å². The highest BCUT2D eigenvalue weighted by atomic mass is 35.5. The Labute approximate surface area is 137 Å². The number of aliphatic hydroxyl groups excluding tert-OH is 1. The molecule has 0 fully saturated rings. The van der Waals surface area contributed by atoms with Gasteiger partial charge in [0.05, 0.1) is 10.6 Å². The summed E-state index contributed by atoms with van der Waals surface area (Å²) in [7, 11) is -3.86. The van der Waals surface area contributed by atoms with Gasteiger partial charge in [-0.2, -0.15) is 9.57 Å². The van der Waals surface area contributed by atoms with Crippen molar-refractivity contribution in [3.8, 4) is 6.07 Å². The van der Waals surface area contributed by atoms with Crippen LogP contribution in [0.2, 0.25) is 5.02 Å².